The van der Waals surface area contributed by atoms with Crippen molar-refractivity contribution < 1.29 is 9.59 Å². The standard InChI is InChI=1S/C21H25N5O3/c22-14-7-8-15-13(12-14)4-3-5-16(15)23-20(28)18-6-1-2-11-26(18)21(29)17-9-10-19(27)25-24-17/h7-10,12,16,18H,1-6,11,22H2,(H,23,28)(H,25,27). The van der Waals surface area contributed by atoms with Crippen molar-refractivity contribution in [3.05, 3.63) is 57.5 Å². The van der Waals surface area contributed by atoms with Crippen LogP contribution in [0.1, 0.15) is 59.8 Å². The van der Waals surface area contributed by atoms with Gasteiger partial charge in [0.2, 0.25) is 5.91 Å². The van der Waals surface area contributed by atoms with Gasteiger partial charge in [-0.2, -0.15) is 5.10 Å². The van der Waals surface area contributed by atoms with Crippen molar-refractivity contribution in [2.45, 2.75) is 50.6 Å². The molecule has 2 unspecified atom stereocenters. The molecule has 2 aromatic rings. The van der Waals surface area contributed by atoms with E-state index in [1.54, 1.807) is 4.90 Å². The van der Waals surface area contributed by atoms with E-state index < -0.39 is 6.04 Å². The normalized spacial score (nSPS) is 21.3. The Labute approximate surface area is 168 Å². The van der Waals surface area contributed by atoms with Crippen LogP contribution in [0, 0.1) is 0 Å². The molecule has 152 valence electrons. The van der Waals surface area contributed by atoms with Crippen LogP contribution in [0.15, 0.2) is 35.1 Å². The van der Waals surface area contributed by atoms with Crippen LogP contribution < -0.4 is 16.6 Å². The Morgan fingerprint density at radius 3 is 2.79 bits per heavy atom. The Morgan fingerprint density at radius 2 is 2.00 bits per heavy atom. The van der Waals surface area contributed by atoms with Crippen molar-refractivity contribution >= 4 is 17.5 Å². The third-order valence-electron chi connectivity index (χ3n) is 5.76. The number of carbonyl (C=O) groups is 2. The van der Waals surface area contributed by atoms with E-state index in [1.165, 1.54) is 17.7 Å². The van der Waals surface area contributed by atoms with Gasteiger partial charge in [-0.3, -0.25) is 14.4 Å². The van der Waals surface area contributed by atoms with E-state index in [0.29, 0.717) is 13.0 Å². The van der Waals surface area contributed by atoms with Crippen LogP contribution in [0.3, 0.4) is 0 Å². The summed E-state index contributed by atoms with van der Waals surface area (Å²) in [6.07, 6.45) is 5.14. The summed E-state index contributed by atoms with van der Waals surface area (Å²) in [6.45, 7) is 0.496. The summed E-state index contributed by atoms with van der Waals surface area (Å²) >= 11 is 0. The molecule has 29 heavy (non-hydrogen) atoms. The molecule has 2 heterocycles. The molecule has 4 N–H and O–H groups in total. The Hall–Kier alpha value is -3.16. The van der Waals surface area contributed by atoms with E-state index in [0.717, 1.165) is 43.4 Å². The van der Waals surface area contributed by atoms with E-state index in [-0.39, 0.29) is 29.1 Å². The number of carbonyl (C=O) groups excluding carboxylic acids is 2. The fraction of sp³-hybridized carbons (Fsp3) is 0.429. The molecule has 1 aromatic heterocycles. The largest absolute Gasteiger partial charge is 0.399 e. The number of likely N-dealkylation sites (tertiary alicyclic amines) is 1. The minimum Gasteiger partial charge on any atom is -0.399 e. The highest BCUT2D eigenvalue weighted by Gasteiger charge is 2.35. The third kappa shape index (κ3) is 4.01. The van der Waals surface area contributed by atoms with Crippen LogP contribution in [-0.4, -0.2) is 39.5 Å². The Balaban J connectivity index is 1.52. The highest BCUT2D eigenvalue weighted by Crippen LogP contribution is 2.31. The summed E-state index contributed by atoms with van der Waals surface area (Å²) in [7, 11) is 0. The average Bonchev–Trinajstić information content (AvgIpc) is 2.73. The summed E-state index contributed by atoms with van der Waals surface area (Å²) in [5.74, 6) is -0.477. The van der Waals surface area contributed by atoms with E-state index in [9.17, 15) is 14.4 Å². The lowest BCUT2D eigenvalue weighted by molar-refractivity contribution is -0.127. The van der Waals surface area contributed by atoms with Crippen LogP contribution in [0.5, 0.6) is 0 Å². The lowest BCUT2D eigenvalue weighted by Crippen LogP contribution is -2.52. The van der Waals surface area contributed by atoms with Crippen molar-refractivity contribution in [3.63, 3.8) is 0 Å². The maximum atomic E-state index is 13.1. The van der Waals surface area contributed by atoms with Crippen molar-refractivity contribution in [1.82, 2.24) is 20.4 Å². The number of anilines is 1. The highest BCUT2D eigenvalue weighted by molar-refractivity contribution is 5.96. The topological polar surface area (TPSA) is 121 Å². The summed E-state index contributed by atoms with van der Waals surface area (Å²) in [5, 5.41) is 9.27. The number of H-pyrrole nitrogens is 1. The van der Waals surface area contributed by atoms with E-state index in [4.69, 9.17) is 5.73 Å². The first-order valence-corrected chi connectivity index (χ1v) is 10.1. The number of hydrogen-bond acceptors (Lipinski definition) is 5. The predicted octanol–water partition coefficient (Wildman–Crippen LogP) is 1.54. The summed E-state index contributed by atoms with van der Waals surface area (Å²) < 4.78 is 0. The molecule has 4 rings (SSSR count). The Bertz CT molecular complexity index is 966. The molecule has 1 aromatic carbocycles. The zero-order chi connectivity index (χ0) is 20.4. The number of hydrogen-bond donors (Lipinski definition) is 3. The maximum Gasteiger partial charge on any atom is 0.274 e. The highest BCUT2D eigenvalue weighted by atomic mass is 16.2. The smallest absolute Gasteiger partial charge is 0.274 e. The lowest BCUT2D eigenvalue weighted by Gasteiger charge is -2.36. The molecule has 0 radical (unpaired) electrons. The van der Waals surface area contributed by atoms with Crippen LogP contribution in [0.2, 0.25) is 0 Å². The minimum atomic E-state index is -0.538. The number of rotatable bonds is 3. The molecular weight excluding hydrogens is 370 g/mol. The monoisotopic (exact) mass is 395 g/mol. The molecule has 1 aliphatic carbocycles. The zero-order valence-corrected chi connectivity index (χ0v) is 16.2. The molecule has 2 aliphatic rings. The third-order valence-corrected chi connectivity index (χ3v) is 5.76. The number of benzene rings is 1. The number of aryl methyl sites for hydroxylation is 1. The number of fused-ring (bicyclic) bond motifs is 1. The van der Waals surface area contributed by atoms with Crippen molar-refractivity contribution in [1.29, 1.82) is 0 Å². The number of aromatic amines is 1. The molecule has 1 fully saturated rings. The van der Waals surface area contributed by atoms with Gasteiger partial charge >= 0.3 is 0 Å². The van der Waals surface area contributed by atoms with Gasteiger partial charge in [-0.15, -0.1) is 0 Å². The van der Waals surface area contributed by atoms with E-state index >= 15 is 0 Å². The Kier molecular flexibility index (Phi) is 5.33. The SMILES string of the molecule is Nc1ccc2c(c1)CCCC2NC(=O)C1CCCCN1C(=O)c1ccc(=O)[nH]n1. The second-order valence-corrected chi connectivity index (χ2v) is 7.73. The number of aromatic nitrogens is 2. The summed E-state index contributed by atoms with van der Waals surface area (Å²) in [4.78, 5) is 38.8. The average molecular weight is 395 g/mol. The quantitative estimate of drug-likeness (QED) is 0.681. The van der Waals surface area contributed by atoms with Gasteiger partial charge in [0, 0.05) is 18.3 Å². The van der Waals surface area contributed by atoms with Gasteiger partial charge < -0.3 is 16.0 Å². The molecule has 2 atom stereocenters. The van der Waals surface area contributed by atoms with Gasteiger partial charge in [-0.1, -0.05) is 6.07 Å². The van der Waals surface area contributed by atoms with E-state index in [2.05, 4.69) is 15.5 Å². The van der Waals surface area contributed by atoms with Gasteiger partial charge in [0.1, 0.15) is 11.7 Å². The van der Waals surface area contributed by atoms with Crippen molar-refractivity contribution in [3.8, 4) is 0 Å². The molecule has 1 aliphatic heterocycles. The number of nitrogens with one attached hydrogen (secondary N) is 2. The van der Waals surface area contributed by atoms with Gasteiger partial charge in [0.05, 0.1) is 6.04 Å². The van der Waals surface area contributed by atoms with Gasteiger partial charge in [-0.05, 0) is 67.9 Å². The van der Waals surface area contributed by atoms with Crippen LogP contribution >= 0.6 is 0 Å². The number of piperidine rings is 1. The molecule has 1 saturated heterocycles. The first-order chi connectivity index (χ1) is 14.0. The number of nitrogens with two attached hydrogens (primary N) is 1. The lowest BCUT2D eigenvalue weighted by atomic mass is 9.87. The van der Waals surface area contributed by atoms with Gasteiger partial charge in [0.15, 0.2) is 0 Å². The van der Waals surface area contributed by atoms with Crippen LogP contribution in [0.4, 0.5) is 5.69 Å². The minimum absolute atomic E-state index is 0.0723. The molecule has 8 nitrogen and oxygen atoms in total. The fourth-order valence-electron chi connectivity index (χ4n) is 4.31. The number of amides is 2. The van der Waals surface area contributed by atoms with E-state index in [1.807, 2.05) is 18.2 Å². The van der Waals surface area contributed by atoms with Gasteiger partial charge in [0.25, 0.3) is 11.5 Å². The maximum absolute atomic E-state index is 13.1. The number of nitrogens with zero attached hydrogens (tertiary/aromatic N) is 2. The predicted molar refractivity (Wildman–Crippen MR) is 108 cm³/mol. The summed E-state index contributed by atoms with van der Waals surface area (Å²) in [6, 6.07) is 7.88. The first-order valence-electron chi connectivity index (χ1n) is 10.1. The molecular formula is C21H25N5O3. The zero-order valence-electron chi connectivity index (χ0n) is 16.2. The second kappa shape index (κ2) is 8.06. The molecule has 0 saturated carbocycles. The molecule has 8 heteroatoms. The second-order valence-electron chi connectivity index (χ2n) is 7.73. The van der Waals surface area contributed by atoms with Crippen molar-refractivity contribution in [2.75, 3.05) is 12.3 Å². The molecule has 0 spiro atoms. The van der Waals surface area contributed by atoms with Crippen molar-refractivity contribution in [2.24, 2.45) is 0 Å². The fourth-order valence-corrected chi connectivity index (χ4v) is 4.31. The van der Waals surface area contributed by atoms with Crippen LogP contribution in [-0.2, 0) is 11.2 Å². The molecule has 0 bridgehead atoms. The van der Waals surface area contributed by atoms with Crippen LogP contribution in [0.25, 0.3) is 0 Å². The summed E-state index contributed by atoms with van der Waals surface area (Å²) in [5.41, 5.74) is 8.69. The first kappa shape index (κ1) is 19.2. The van der Waals surface area contributed by atoms with Gasteiger partial charge in [-0.25, -0.2) is 5.10 Å². The Morgan fingerprint density at radius 1 is 1.14 bits per heavy atom. The number of nitrogen functional groups attached to an aromatic ring is 1. The molecule has 2 amide bonds.